The fourth-order valence-electron chi connectivity index (χ4n) is 0.678. The molecule has 0 bridgehead atoms. The normalized spacial score (nSPS) is 59.7. The molecule has 6 heavy (non-hydrogen) atoms. The summed E-state index contributed by atoms with van der Waals surface area (Å²) in [5, 5.41) is 8.66. The van der Waals surface area contributed by atoms with Crippen LogP contribution >= 0.6 is 0 Å². The third-order valence-electron chi connectivity index (χ3n) is 1.43. The molecule has 1 saturated carbocycles. The fraction of sp³-hybridized carbons (Fsp3) is 0.500. The van der Waals surface area contributed by atoms with Gasteiger partial charge in [-0.1, -0.05) is 6.08 Å². The number of aliphatic hydroxyl groups is 1. The van der Waals surface area contributed by atoms with Crippen molar-refractivity contribution in [2.24, 2.45) is 11.7 Å². The molecule has 0 aromatic rings. The monoisotopic (exact) mass is 83.0 g/mol. The summed E-state index contributed by atoms with van der Waals surface area (Å²) in [7, 11) is 0. The summed E-state index contributed by atoms with van der Waals surface area (Å²) in [5.41, 5.74) is 5.34. The molecule has 0 spiro atoms. The van der Waals surface area contributed by atoms with Crippen molar-refractivity contribution in [2.75, 3.05) is 0 Å². The van der Waals surface area contributed by atoms with Crippen molar-refractivity contribution < 1.29 is 5.11 Å². The molecule has 0 aromatic heterocycles. The zero-order valence-corrected chi connectivity index (χ0v) is 3.18. The van der Waals surface area contributed by atoms with Crippen LogP contribution < -0.4 is 5.73 Å². The van der Waals surface area contributed by atoms with Gasteiger partial charge in [0, 0.05) is 5.92 Å². The quantitative estimate of drug-likeness (QED) is 0.297. The van der Waals surface area contributed by atoms with Crippen LogP contribution in [0, 0.1) is 5.92 Å². The van der Waals surface area contributed by atoms with Crippen LogP contribution in [0.4, 0.5) is 0 Å². The molecule has 2 atom stereocenters. The minimum Gasteiger partial charge on any atom is -0.371 e. The lowest BCUT2D eigenvalue weighted by Gasteiger charge is -1.97. The van der Waals surface area contributed by atoms with Gasteiger partial charge in [0.25, 0.3) is 0 Å². The molecule has 2 rings (SSSR count). The fourth-order valence-corrected chi connectivity index (χ4v) is 0.678. The van der Waals surface area contributed by atoms with Crippen LogP contribution in [0.2, 0.25) is 0 Å². The Morgan fingerprint density at radius 2 is 2.33 bits per heavy atom. The Kier molecular flexibility index (Phi) is 0.180. The summed E-state index contributed by atoms with van der Waals surface area (Å²) in [5.74, 6) is 0.289. The molecule has 0 aliphatic heterocycles. The Balaban J connectivity index is 2.39. The highest BCUT2D eigenvalue weighted by Crippen LogP contribution is 2.60. The maximum Gasteiger partial charge on any atom is 0.146 e. The molecule has 2 aliphatic carbocycles. The third-order valence-corrected chi connectivity index (χ3v) is 1.43. The zero-order valence-electron chi connectivity index (χ0n) is 3.18. The van der Waals surface area contributed by atoms with Gasteiger partial charge >= 0.3 is 0 Å². The average Bonchev–Trinajstić information content (AvgIpc) is 2.13. The third kappa shape index (κ3) is 0.106. The molecule has 0 aromatic carbocycles. The van der Waals surface area contributed by atoms with Crippen LogP contribution in [0.1, 0.15) is 0 Å². The van der Waals surface area contributed by atoms with Gasteiger partial charge < -0.3 is 5.11 Å². The summed E-state index contributed by atoms with van der Waals surface area (Å²) in [4.78, 5) is 0. The van der Waals surface area contributed by atoms with E-state index in [-0.39, 0.29) is 5.92 Å². The number of nitrogens with two attached hydrogens (primary N) is 1. The van der Waals surface area contributed by atoms with Gasteiger partial charge in [0.2, 0.25) is 0 Å². The van der Waals surface area contributed by atoms with Crippen LogP contribution in [0.15, 0.2) is 11.6 Å². The molecule has 3 N–H and O–H groups in total. The highest BCUT2D eigenvalue weighted by atomic mass is 16.3. The number of hydrogen-bond donors (Lipinski definition) is 2. The van der Waals surface area contributed by atoms with E-state index in [0.717, 1.165) is 5.57 Å². The first-order chi connectivity index (χ1) is 2.73. The first kappa shape index (κ1) is 2.77. The second-order valence-corrected chi connectivity index (χ2v) is 1.93. The molecule has 1 fully saturated rings. The van der Waals surface area contributed by atoms with Gasteiger partial charge in [0.1, 0.15) is 5.72 Å². The van der Waals surface area contributed by atoms with E-state index in [2.05, 4.69) is 0 Å². The molecular formula is C4H5NO. The number of rotatable bonds is 0. The van der Waals surface area contributed by atoms with Gasteiger partial charge in [-0.15, -0.1) is 0 Å². The second-order valence-electron chi connectivity index (χ2n) is 1.93. The van der Waals surface area contributed by atoms with Crippen molar-refractivity contribution in [3.8, 4) is 0 Å². The topological polar surface area (TPSA) is 46.2 Å². The lowest BCUT2D eigenvalue weighted by Crippen LogP contribution is -2.26. The summed E-state index contributed by atoms with van der Waals surface area (Å²) in [6, 6.07) is 0. The van der Waals surface area contributed by atoms with Crippen LogP contribution in [-0.2, 0) is 0 Å². The Morgan fingerprint density at radius 3 is 2.33 bits per heavy atom. The van der Waals surface area contributed by atoms with Gasteiger partial charge in [-0.25, -0.2) is 0 Å². The van der Waals surface area contributed by atoms with Gasteiger partial charge in [-0.3, -0.25) is 5.73 Å². The Labute approximate surface area is 35.3 Å². The van der Waals surface area contributed by atoms with E-state index < -0.39 is 5.72 Å². The summed E-state index contributed by atoms with van der Waals surface area (Å²) in [6.45, 7) is 0. The van der Waals surface area contributed by atoms with Gasteiger partial charge in [-0.05, 0) is 5.57 Å². The van der Waals surface area contributed by atoms with Gasteiger partial charge in [0.05, 0.1) is 0 Å². The van der Waals surface area contributed by atoms with Crippen molar-refractivity contribution >= 4 is 0 Å². The van der Waals surface area contributed by atoms with Crippen LogP contribution in [0.25, 0.3) is 0 Å². The van der Waals surface area contributed by atoms with E-state index >= 15 is 0 Å². The maximum absolute atomic E-state index is 8.66. The Bertz CT molecular complexity index is 136. The molecule has 0 radical (unpaired) electrons. The maximum atomic E-state index is 8.66. The van der Waals surface area contributed by atoms with Crippen LogP contribution in [-0.4, -0.2) is 10.8 Å². The highest BCUT2D eigenvalue weighted by molar-refractivity contribution is 5.58. The Morgan fingerprint density at radius 1 is 2.00 bits per heavy atom. The van der Waals surface area contributed by atoms with E-state index in [1.54, 1.807) is 0 Å². The van der Waals surface area contributed by atoms with E-state index in [1.807, 2.05) is 6.08 Å². The molecule has 2 nitrogen and oxygen atoms in total. The van der Waals surface area contributed by atoms with Crippen molar-refractivity contribution in [3.05, 3.63) is 11.6 Å². The zero-order chi connectivity index (χ0) is 4.36. The first-order valence-electron chi connectivity index (χ1n) is 1.96. The predicted octanol–water partition coefficient (Wildman–Crippen LogP) is -0.796. The minimum atomic E-state index is -0.833. The van der Waals surface area contributed by atoms with Crippen LogP contribution in [0.3, 0.4) is 0 Å². The van der Waals surface area contributed by atoms with Crippen molar-refractivity contribution in [1.82, 2.24) is 0 Å². The molecule has 2 aliphatic rings. The minimum absolute atomic E-state index is 0.289. The molecule has 32 valence electrons. The van der Waals surface area contributed by atoms with Gasteiger partial charge in [0.15, 0.2) is 0 Å². The lowest BCUT2D eigenvalue weighted by atomic mass is 10.4. The molecule has 2 unspecified atom stereocenters. The van der Waals surface area contributed by atoms with E-state index in [4.69, 9.17) is 10.8 Å². The molecule has 2 heteroatoms. The van der Waals surface area contributed by atoms with E-state index in [0.29, 0.717) is 0 Å². The molecule has 0 amide bonds. The number of fused-ring (bicyclic) bond motifs is 1. The van der Waals surface area contributed by atoms with Crippen molar-refractivity contribution in [2.45, 2.75) is 5.72 Å². The van der Waals surface area contributed by atoms with E-state index in [9.17, 15) is 0 Å². The largest absolute Gasteiger partial charge is 0.371 e. The SMILES string of the molecule is NC1(O)C2=CC21. The second kappa shape index (κ2) is 0.389. The highest BCUT2D eigenvalue weighted by Gasteiger charge is 2.65. The molecule has 0 heterocycles. The summed E-state index contributed by atoms with van der Waals surface area (Å²) in [6.07, 6.45) is 1.96. The van der Waals surface area contributed by atoms with Crippen LogP contribution in [0.5, 0.6) is 0 Å². The van der Waals surface area contributed by atoms with Crippen molar-refractivity contribution in [1.29, 1.82) is 0 Å². The van der Waals surface area contributed by atoms with Crippen molar-refractivity contribution in [3.63, 3.8) is 0 Å². The van der Waals surface area contributed by atoms with E-state index in [1.165, 1.54) is 0 Å². The lowest BCUT2D eigenvalue weighted by molar-refractivity contribution is 0.150. The molecular weight excluding hydrogens is 78.0 g/mol. The smallest absolute Gasteiger partial charge is 0.146 e. The first-order valence-corrected chi connectivity index (χ1v) is 1.96. The van der Waals surface area contributed by atoms with Gasteiger partial charge in [-0.2, -0.15) is 0 Å². The summed E-state index contributed by atoms with van der Waals surface area (Å²) >= 11 is 0. The Hall–Kier alpha value is -0.340. The predicted molar refractivity (Wildman–Crippen MR) is 20.7 cm³/mol. The average molecular weight is 83.1 g/mol. The number of hydrogen-bond acceptors (Lipinski definition) is 2. The standard InChI is InChI=1S/C4H5NO/c5-4(6)2-1-3(2)4/h1-2,6H,5H2. The molecule has 0 saturated heterocycles. The summed E-state index contributed by atoms with van der Waals surface area (Å²) < 4.78 is 0.